The van der Waals surface area contributed by atoms with Gasteiger partial charge < -0.3 is 0 Å². The minimum Gasteiger partial charge on any atom is -0.260 e. The molecule has 20 heavy (non-hydrogen) atoms. The highest BCUT2D eigenvalue weighted by Crippen LogP contribution is 2.24. The van der Waals surface area contributed by atoms with Gasteiger partial charge in [0.25, 0.3) is 0 Å². The lowest BCUT2D eigenvalue weighted by Gasteiger charge is -2.12. The van der Waals surface area contributed by atoms with Crippen LogP contribution in [0.15, 0.2) is 67.9 Å². The van der Waals surface area contributed by atoms with Crippen molar-refractivity contribution in [3.05, 3.63) is 85.3 Å². The average molecular weight is 266 g/mol. The van der Waals surface area contributed by atoms with E-state index in [4.69, 9.17) is 0 Å². The minimum absolute atomic E-state index is 0.239. The summed E-state index contributed by atoms with van der Waals surface area (Å²) in [6.45, 7) is 7.52. The largest absolute Gasteiger partial charge is 0.260 e. The highest BCUT2D eigenvalue weighted by molar-refractivity contribution is 5.62. The Balaban J connectivity index is 2.24. The topological polar surface area (TPSA) is 12.9 Å². The number of benzene rings is 1. The van der Waals surface area contributed by atoms with Gasteiger partial charge in [-0.2, -0.15) is 0 Å². The van der Waals surface area contributed by atoms with E-state index in [9.17, 15) is 4.39 Å². The van der Waals surface area contributed by atoms with Gasteiger partial charge in [0.15, 0.2) is 0 Å². The minimum atomic E-state index is -0.239. The predicted molar refractivity (Wildman–Crippen MR) is 81.6 cm³/mol. The Labute approximate surface area is 119 Å². The molecule has 2 heteroatoms. The average Bonchev–Trinajstić information content (AvgIpc) is 2.47. The van der Waals surface area contributed by atoms with Crippen molar-refractivity contribution >= 4 is 0 Å². The fourth-order valence-corrected chi connectivity index (χ4v) is 2.08. The lowest BCUT2D eigenvalue weighted by molar-refractivity contribution is 0.628. The zero-order chi connectivity index (χ0) is 14.4. The van der Waals surface area contributed by atoms with E-state index in [0.29, 0.717) is 0 Å². The van der Waals surface area contributed by atoms with E-state index in [-0.39, 0.29) is 5.82 Å². The molecule has 0 fully saturated rings. The van der Waals surface area contributed by atoms with Crippen molar-refractivity contribution in [2.75, 3.05) is 0 Å². The van der Waals surface area contributed by atoms with Crippen molar-refractivity contribution in [2.45, 2.75) is 12.8 Å². The number of nitrogens with zero attached hydrogens (tertiary/aromatic N) is 1. The lowest BCUT2D eigenvalue weighted by Crippen LogP contribution is -2.00. The molecular weight excluding hydrogens is 249 g/mol. The maximum atomic E-state index is 13.2. The molecule has 1 aromatic heterocycles. The molecule has 1 heterocycles. The maximum absolute atomic E-state index is 13.2. The van der Waals surface area contributed by atoms with Gasteiger partial charge in [-0.05, 0) is 36.6 Å². The van der Waals surface area contributed by atoms with E-state index >= 15 is 0 Å². The first-order valence-corrected chi connectivity index (χ1v) is 6.53. The van der Waals surface area contributed by atoms with Gasteiger partial charge in [0.1, 0.15) is 5.82 Å². The standard InChI is InChI=1S/C18H17FN/c1-3-6-14(7-4-2)18-11-10-16(13-20-18)15-8-5-9-17(19)12-15/h3-5,8-13H,1-2,6-7H2. The molecule has 1 aromatic carbocycles. The third kappa shape index (κ3) is 3.41. The van der Waals surface area contributed by atoms with E-state index in [0.717, 1.165) is 29.7 Å². The van der Waals surface area contributed by atoms with Crippen LogP contribution in [0.2, 0.25) is 0 Å². The molecule has 2 rings (SSSR count). The molecule has 0 atom stereocenters. The normalized spacial score (nSPS) is 10.5. The molecule has 0 saturated heterocycles. The first-order chi connectivity index (χ1) is 9.74. The van der Waals surface area contributed by atoms with Gasteiger partial charge in [0.2, 0.25) is 0 Å². The van der Waals surface area contributed by atoms with Crippen LogP contribution in [0.1, 0.15) is 18.5 Å². The lowest BCUT2D eigenvalue weighted by atomic mass is 9.96. The van der Waals surface area contributed by atoms with Crippen LogP contribution < -0.4 is 0 Å². The van der Waals surface area contributed by atoms with Crippen LogP contribution >= 0.6 is 0 Å². The van der Waals surface area contributed by atoms with Crippen LogP contribution in [-0.2, 0) is 0 Å². The molecule has 2 aromatic rings. The molecule has 0 saturated carbocycles. The molecule has 0 spiro atoms. The van der Waals surface area contributed by atoms with Crippen LogP contribution in [0.3, 0.4) is 0 Å². The van der Waals surface area contributed by atoms with Crippen LogP contribution in [0, 0.1) is 11.7 Å². The van der Waals surface area contributed by atoms with E-state index in [1.165, 1.54) is 18.1 Å². The second-order valence-electron chi connectivity index (χ2n) is 4.53. The summed E-state index contributed by atoms with van der Waals surface area (Å²) in [5.74, 6) is 0.943. The van der Waals surface area contributed by atoms with Crippen molar-refractivity contribution in [1.82, 2.24) is 4.98 Å². The third-order valence-electron chi connectivity index (χ3n) is 3.07. The van der Waals surface area contributed by atoms with Gasteiger partial charge in [0.05, 0.1) is 0 Å². The highest BCUT2D eigenvalue weighted by Gasteiger charge is 2.10. The zero-order valence-corrected chi connectivity index (χ0v) is 11.3. The van der Waals surface area contributed by atoms with Crippen molar-refractivity contribution in [3.63, 3.8) is 0 Å². The quantitative estimate of drug-likeness (QED) is 0.673. The molecule has 0 amide bonds. The molecule has 0 aliphatic rings. The SMILES string of the molecule is C=CC[C](CC=C)c1ccc(-c2cccc(F)c2)cn1. The van der Waals surface area contributed by atoms with E-state index in [1.54, 1.807) is 12.3 Å². The number of aromatic nitrogens is 1. The monoisotopic (exact) mass is 266 g/mol. The number of allylic oxidation sites excluding steroid dienone is 2. The summed E-state index contributed by atoms with van der Waals surface area (Å²) < 4.78 is 13.2. The summed E-state index contributed by atoms with van der Waals surface area (Å²) in [4.78, 5) is 4.47. The Bertz CT molecular complexity index is 577. The Morgan fingerprint density at radius 2 is 1.80 bits per heavy atom. The van der Waals surface area contributed by atoms with Gasteiger partial charge in [-0.15, -0.1) is 13.2 Å². The summed E-state index contributed by atoms with van der Waals surface area (Å²) in [5.41, 5.74) is 2.67. The molecule has 1 radical (unpaired) electrons. The second kappa shape index (κ2) is 6.80. The van der Waals surface area contributed by atoms with Crippen molar-refractivity contribution < 1.29 is 4.39 Å². The summed E-state index contributed by atoms with van der Waals surface area (Å²) in [7, 11) is 0. The van der Waals surface area contributed by atoms with Gasteiger partial charge in [0, 0.05) is 23.4 Å². The summed E-state index contributed by atoms with van der Waals surface area (Å²) in [5, 5.41) is 0. The third-order valence-corrected chi connectivity index (χ3v) is 3.07. The van der Waals surface area contributed by atoms with Gasteiger partial charge in [-0.3, -0.25) is 4.98 Å². The molecule has 0 N–H and O–H groups in total. The predicted octanol–water partition coefficient (Wildman–Crippen LogP) is 4.96. The summed E-state index contributed by atoms with van der Waals surface area (Å²) >= 11 is 0. The number of hydrogen-bond donors (Lipinski definition) is 0. The van der Waals surface area contributed by atoms with E-state index in [1.807, 2.05) is 30.4 Å². The van der Waals surface area contributed by atoms with Crippen LogP contribution in [-0.4, -0.2) is 4.98 Å². The van der Waals surface area contributed by atoms with E-state index in [2.05, 4.69) is 18.1 Å². The fraction of sp³-hybridized carbons (Fsp3) is 0.111. The van der Waals surface area contributed by atoms with Crippen molar-refractivity contribution in [2.24, 2.45) is 0 Å². The molecule has 0 unspecified atom stereocenters. The van der Waals surface area contributed by atoms with Gasteiger partial charge >= 0.3 is 0 Å². The summed E-state index contributed by atoms with van der Waals surface area (Å²) in [6.07, 6.45) is 7.08. The molecule has 101 valence electrons. The fourth-order valence-electron chi connectivity index (χ4n) is 2.08. The van der Waals surface area contributed by atoms with Crippen molar-refractivity contribution in [3.8, 4) is 11.1 Å². The molecule has 0 bridgehead atoms. The second-order valence-corrected chi connectivity index (χ2v) is 4.53. The van der Waals surface area contributed by atoms with Crippen LogP contribution in [0.5, 0.6) is 0 Å². The van der Waals surface area contributed by atoms with E-state index < -0.39 is 0 Å². The first kappa shape index (κ1) is 14.2. The van der Waals surface area contributed by atoms with Crippen molar-refractivity contribution in [1.29, 1.82) is 0 Å². The van der Waals surface area contributed by atoms with Crippen LogP contribution in [0.25, 0.3) is 11.1 Å². The summed E-state index contributed by atoms with van der Waals surface area (Å²) in [6, 6.07) is 10.4. The van der Waals surface area contributed by atoms with Crippen LogP contribution in [0.4, 0.5) is 4.39 Å². The molecular formula is C18H17FN. The van der Waals surface area contributed by atoms with Gasteiger partial charge in [-0.25, -0.2) is 4.39 Å². The highest BCUT2D eigenvalue weighted by atomic mass is 19.1. The first-order valence-electron chi connectivity index (χ1n) is 6.53. The maximum Gasteiger partial charge on any atom is 0.123 e. The molecule has 0 aliphatic heterocycles. The number of halogens is 1. The number of rotatable bonds is 6. The zero-order valence-electron chi connectivity index (χ0n) is 11.3. The Hall–Kier alpha value is -2.22. The number of hydrogen-bond acceptors (Lipinski definition) is 1. The Morgan fingerprint density at radius 3 is 2.35 bits per heavy atom. The smallest absolute Gasteiger partial charge is 0.123 e. The van der Waals surface area contributed by atoms with Gasteiger partial charge in [-0.1, -0.05) is 30.4 Å². The Kier molecular flexibility index (Phi) is 4.83. The molecule has 1 nitrogen and oxygen atoms in total. The number of pyridine rings is 1. The Morgan fingerprint density at radius 1 is 1.05 bits per heavy atom. The molecule has 0 aliphatic carbocycles.